The fourth-order valence-electron chi connectivity index (χ4n) is 3.16. The highest BCUT2D eigenvalue weighted by atomic mass is 32.2. The molecule has 0 unspecified atom stereocenters. The highest BCUT2D eigenvalue weighted by Gasteiger charge is 2.22. The van der Waals surface area contributed by atoms with E-state index >= 15 is 0 Å². The van der Waals surface area contributed by atoms with Crippen molar-refractivity contribution in [3.63, 3.8) is 0 Å². The summed E-state index contributed by atoms with van der Waals surface area (Å²) in [5, 5.41) is 14.1. The van der Waals surface area contributed by atoms with Crippen molar-refractivity contribution in [3.05, 3.63) is 53.6 Å². The molecule has 0 bridgehead atoms. The highest BCUT2D eigenvalue weighted by Crippen LogP contribution is 2.23. The number of sulfonamides is 1. The third-order valence-electron chi connectivity index (χ3n) is 4.95. The van der Waals surface area contributed by atoms with Gasteiger partial charge in [-0.05, 0) is 44.2 Å². The molecule has 0 aliphatic carbocycles. The number of benzene rings is 2. The average molecular weight is 447 g/mol. The van der Waals surface area contributed by atoms with Crippen LogP contribution in [0, 0.1) is 0 Å². The monoisotopic (exact) mass is 446 g/mol. The minimum absolute atomic E-state index is 0.0507. The van der Waals surface area contributed by atoms with E-state index < -0.39 is 15.9 Å². The minimum Gasteiger partial charge on any atom is -0.507 e. The first kappa shape index (κ1) is 24.4. The molecule has 8 nitrogen and oxygen atoms in total. The maximum Gasteiger partial charge on any atom is 0.271 e. The molecule has 0 fully saturated rings. The van der Waals surface area contributed by atoms with Gasteiger partial charge in [-0.1, -0.05) is 19.9 Å². The fraction of sp³-hybridized carbons (Fsp3) is 0.364. The maximum atomic E-state index is 12.7. The first-order valence-corrected chi connectivity index (χ1v) is 11.7. The molecule has 2 aromatic rings. The van der Waals surface area contributed by atoms with Gasteiger partial charge in [0.2, 0.25) is 10.0 Å². The van der Waals surface area contributed by atoms with Gasteiger partial charge in [-0.3, -0.25) is 4.79 Å². The number of phenolic OH excluding ortho intramolecular Hbond substituents is 1. The molecular formula is C22H30N4O4S. The van der Waals surface area contributed by atoms with Gasteiger partial charge >= 0.3 is 0 Å². The van der Waals surface area contributed by atoms with Crippen LogP contribution in [0.1, 0.15) is 43.6 Å². The third kappa shape index (κ3) is 5.83. The number of phenols is 1. The van der Waals surface area contributed by atoms with Crippen LogP contribution >= 0.6 is 0 Å². The summed E-state index contributed by atoms with van der Waals surface area (Å²) >= 11 is 0. The second-order valence-electron chi connectivity index (χ2n) is 6.73. The summed E-state index contributed by atoms with van der Waals surface area (Å²) in [4.78, 5) is 14.6. The number of hydrazone groups is 1. The first-order chi connectivity index (χ1) is 14.8. The van der Waals surface area contributed by atoms with Crippen molar-refractivity contribution in [2.75, 3.05) is 31.1 Å². The zero-order valence-electron chi connectivity index (χ0n) is 18.4. The molecule has 0 aliphatic rings. The van der Waals surface area contributed by atoms with Crippen LogP contribution in [0.15, 0.2) is 52.5 Å². The predicted octanol–water partition coefficient (Wildman–Crippen LogP) is 3.03. The molecule has 9 heteroatoms. The molecule has 0 aliphatic heterocycles. The van der Waals surface area contributed by atoms with Crippen LogP contribution in [-0.2, 0) is 10.0 Å². The van der Waals surface area contributed by atoms with Crippen molar-refractivity contribution in [2.24, 2.45) is 5.10 Å². The standard InChI is InChI=1S/C22H30N4O4S/c1-5-25(6-2)19-13-12-18(21(27)15-19)16-23-24-22(28)17-10-9-11-20(14-17)31(29,30)26(7-3)8-4/h9-16,27H,5-8H2,1-4H3,(H,24,28)/b23-16+. The van der Waals surface area contributed by atoms with E-state index in [1.807, 2.05) is 19.9 Å². The van der Waals surface area contributed by atoms with E-state index in [1.54, 1.807) is 26.0 Å². The van der Waals surface area contributed by atoms with Crippen LogP contribution in [0.5, 0.6) is 5.75 Å². The number of carbonyl (C=O) groups is 1. The lowest BCUT2D eigenvalue weighted by molar-refractivity contribution is 0.0955. The van der Waals surface area contributed by atoms with E-state index in [2.05, 4.69) is 15.4 Å². The maximum absolute atomic E-state index is 12.7. The SMILES string of the molecule is CCN(CC)c1ccc(/C=N/NC(=O)c2cccc(S(=O)(=O)N(CC)CC)c2)c(O)c1. The second kappa shape index (κ2) is 10.9. The lowest BCUT2D eigenvalue weighted by Gasteiger charge is -2.21. The first-order valence-electron chi connectivity index (χ1n) is 10.3. The van der Waals surface area contributed by atoms with Crippen molar-refractivity contribution >= 4 is 27.8 Å². The lowest BCUT2D eigenvalue weighted by Crippen LogP contribution is -2.30. The zero-order chi connectivity index (χ0) is 23.0. The number of hydrogen-bond donors (Lipinski definition) is 2. The van der Waals surface area contributed by atoms with Gasteiger partial charge in [0.1, 0.15) is 5.75 Å². The predicted molar refractivity (Wildman–Crippen MR) is 123 cm³/mol. The van der Waals surface area contributed by atoms with Gasteiger partial charge < -0.3 is 10.0 Å². The van der Waals surface area contributed by atoms with Crippen LogP contribution in [0.3, 0.4) is 0 Å². The number of anilines is 1. The summed E-state index contributed by atoms with van der Waals surface area (Å²) in [6, 6.07) is 11.1. The summed E-state index contributed by atoms with van der Waals surface area (Å²) in [6.07, 6.45) is 1.34. The third-order valence-corrected chi connectivity index (χ3v) is 7.00. The molecule has 1 amide bonds. The number of nitrogens with one attached hydrogen (secondary N) is 1. The summed E-state index contributed by atoms with van der Waals surface area (Å²) in [6.45, 7) is 9.92. The Hall–Kier alpha value is -2.91. The molecule has 0 atom stereocenters. The number of hydrogen-bond acceptors (Lipinski definition) is 6. The fourth-order valence-corrected chi connectivity index (χ4v) is 4.67. The van der Waals surface area contributed by atoms with Crippen molar-refractivity contribution in [3.8, 4) is 5.75 Å². The van der Waals surface area contributed by atoms with Gasteiger partial charge in [-0.25, -0.2) is 13.8 Å². The molecule has 0 heterocycles. The van der Waals surface area contributed by atoms with E-state index in [1.165, 1.54) is 34.8 Å². The number of nitrogens with zero attached hydrogens (tertiary/aromatic N) is 3. The Bertz CT molecular complexity index is 1030. The van der Waals surface area contributed by atoms with E-state index in [0.717, 1.165) is 18.8 Å². The normalized spacial score (nSPS) is 11.8. The molecular weight excluding hydrogens is 416 g/mol. The smallest absolute Gasteiger partial charge is 0.271 e. The largest absolute Gasteiger partial charge is 0.507 e. The van der Waals surface area contributed by atoms with E-state index in [0.29, 0.717) is 18.7 Å². The Morgan fingerprint density at radius 2 is 1.71 bits per heavy atom. The van der Waals surface area contributed by atoms with Crippen LogP contribution in [0.4, 0.5) is 5.69 Å². The van der Waals surface area contributed by atoms with Gasteiger partial charge in [0.25, 0.3) is 5.91 Å². The molecule has 2 rings (SSSR count). The lowest BCUT2D eigenvalue weighted by atomic mass is 10.2. The van der Waals surface area contributed by atoms with Crippen LogP contribution in [0.2, 0.25) is 0 Å². The highest BCUT2D eigenvalue weighted by molar-refractivity contribution is 7.89. The quantitative estimate of drug-likeness (QED) is 0.431. The van der Waals surface area contributed by atoms with Crippen LogP contribution < -0.4 is 10.3 Å². The molecule has 0 aromatic heterocycles. The van der Waals surface area contributed by atoms with Crippen LogP contribution in [-0.4, -0.2) is 56.1 Å². The Kier molecular flexibility index (Phi) is 8.58. The second-order valence-corrected chi connectivity index (χ2v) is 8.67. The van der Waals surface area contributed by atoms with Crippen molar-refractivity contribution in [1.29, 1.82) is 0 Å². The molecule has 31 heavy (non-hydrogen) atoms. The van der Waals surface area contributed by atoms with Gasteiger partial charge in [0, 0.05) is 49.1 Å². The van der Waals surface area contributed by atoms with Gasteiger partial charge in [0.15, 0.2) is 0 Å². The summed E-state index contributed by atoms with van der Waals surface area (Å²) in [7, 11) is -3.66. The minimum atomic E-state index is -3.66. The number of rotatable bonds is 10. The van der Waals surface area contributed by atoms with Gasteiger partial charge in [-0.15, -0.1) is 0 Å². The number of carbonyl (C=O) groups excluding carboxylic acids is 1. The molecule has 0 radical (unpaired) electrons. The van der Waals surface area contributed by atoms with E-state index in [9.17, 15) is 18.3 Å². The Balaban J connectivity index is 2.14. The van der Waals surface area contributed by atoms with Gasteiger partial charge in [-0.2, -0.15) is 9.41 Å². The zero-order valence-corrected chi connectivity index (χ0v) is 19.2. The topological polar surface area (TPSA) is 102 Å². The Labute approximate surface area is 184 Å². The number of aromatic hydroxyl groups is 1. The van der Waals surface area contributed by atoms with Crippen molar-refractivity contribution < 1.29 is 18.3 Å². The summed E-state index contributed by atoms with van der Waals surface area (Å²) < 4.78 is 26.6. The molecule has 168 valence electrons. The molecule has 0 saturated heterocycles. The van der Waals surface area contributed by atoms with Crippen molar-refractivity contribution in [2.45, 2.75) is 32.6 Å². The summed E-state index contributed by atoms with van der Waals surface area (Å²) in [5.41, 5.74) is 3.89. The Morgan fingerprint density at radius 3 is 2.29 bits per heavy atom. The van der Waals surface area contributed by atoms with Gasteiger partial charge in [0.05, 0.1) is 11.1 Å². The number of amides is 1. The van der Waals surface area contributed by atoms with E-state index in [4.69, 9.17) is 0 Å². The van der Waals surface area contributed by atoms with Crippen LogP contribution in [0.25, 0.3) is 0 Å². The molecule has 0 saturated carbocycles. The van der Waals surface area contributed by atoms with E-state index in [-0.39, 0.29) is 16.2 Å². The Morgan fingerprint density at radius 1 is 1.03 bits per heavy atom. The molecule has 2 N–H and O–H groups in total. The molecule has 0 spiro atoms. The van der Waals surface area contributed by atoms with Crippen molar-refractivity contribution in [1.82, 2.24) is 9.73 Å². The summed E-state index contributed by atoms with van der Waals surface area (Å²) in [5.74, 6) is -0.498. The average Bonchev–Trinajstić information content (AvgIpc) is 2.76. The molecule has 2 aromatic carbocycles.